The molecule has 0 unspecified atom stereocenters. The van der Waals surface area contributed by atoms with Gasteiger partial charge in [-0.3, -0.25) is 4.79 Å². The number of hydrogen-bond acceptors (Lipinski definition) is 4. The first-order valence-corrected chi connectivity index (χ1v) is 8.14. The largest absolute Gasteiger partial charge is 0.366 e. The van der Waals surface area contributed by atoms with E-state index in [1.54, 1.807) is 11.0 Å². The molecule has 1 aromatic rings. The van der Waals surface area contributed by atoms with E-state index in [1.165, 1.54) is 38.5 Å². The van der Waals surface area contributed by atoms with Gasteiger partial charge < -0.3 is 10.2 Å². The third-order valence-electron chi connectivity index (χ3n) is 4.14. The number of rotatable bonds is 5. The normalized spacial score (nSPS) is 16.3. The van der Waals surface area contributed by atoms with Crippen LogP contribution < -0.4 is 5.32 Å². The van der Waals surface area contributed by atoms with Crippen molar-refractivity contribution in [3.63, 3.8) is 0 Å². The first kappa shape index (κ1) is 15.7. The van der Waals surface area contributed by atoms with Crippen molar-refractivity contribution in [2.24, 2.45) is 0 Å². The Balaban J connectivity index is 1.96. The maximum atomic E-state index is 12.2. The van der Waals surface area contributed by atoms with Crippen LogP contribution in [0.1, 0.15) is 62.9 Å². The van der Waals surface area contributed by atoms with Gasteiger partial charge in [0.15, 0.2) is 5.69 Å². The van der Waals surface area contributed by atoms with Crippen molar-refractivity contribution in [1.82, 2.24) is 15.1 Å². The monoisotopic (exact) mass is 290 g/mol. The lowest BCUT2D eigenvalue weighted by Crippen LogP contribution is -2.31. The molecule has 1 aliphatic rings. The van der Waals surface area contributed by atoms with Crippen LogP contribution in [0, 0.1) is 0 Å². The molecule has 0 spiro atoms. The fraction of sp³-hybridized carbons (Fsp3) is 0.688. The molecule has 1 saturated carbocycles. The highest BCUT2D eigenvalue weighted by molar-refractivity contribution is 5.92. The van der Waals surface area contributed by atoms with Gasteiger partial charge in [-0.25, -0.2) is 0 Å². The number of amides is 1. The van der Waals surface area contributed by atoms with Gasteiger partial charge in [-0.2, -0.15) is 0 Å². The van der Waals surface area contributed by atoms with E-state index < -0.39 is 0 Å². The molecule has 116 valence electrons. The third kappa shape index (κ3) is 4.41. The van der Waals surface area contributed by atoms with Gasteiger partial charge in [0, 0.05) is 19.1 Å². The van der Waals surface area contributed by atoms with E-state index in [1.807, 2.05) is 19.9 Å². The molecule has 1 N–H and O–H groups in total. The summed E-state index contributed by atoms with van der Waals surface area (Å²) in [6, 6.07) is 4.13. The zero-order valence-electron chi connectivity index (χ0n) is 13.1. The van der Waals surface area contributed by atoms with Crippen molar-refractivity contribution in [3.05, 3.63) is 17.8 Å². The van der Waals surface area contributed by atoms with Crippen molar-refractivity contribution < 1.29 is 4.79 Å². The van der Waals surface area contributed by atoms with Crippen LogP contribution in [0.25, 0.3) is 0 Å². The van der Waals surface area contributed by atoms with E-state index in [9.17, 15) is 4.79 Å². The van der Waals surface area contributed by atoms with Gasteiger partial charge in [0.05, 0.1) is 0 Å². The van der Waals surface area contributed by atoms with E-state index in [2.05, 4.69) is 15.5 Å². The Labute approximate surface area is 127 Å². The highest BCUT2D eigenvalue weighted by Crippen LogP contribution is 2.20. The average Bonchev–Trinajstić information content (AvgIpc) is 2.78. The summed E-state index contributed by atoms with van der Waals surface area (Å²) in [4.78, 5) is 13.9. The Bertz CT molecular complexity index is 434. The Morgan fingerprint density at radius 1 is 1.14 bits per heavy atom. The van der Waals surface area contributed by atoms with Crippen LogP contribution in [-0.2, 0) is 0 Å². The number of carbonyl (C=O) groups excluding carboxylic acids is 1. The van der Waals surface area contributed by atoms with Crippen molar-refractivity contribution in [2.45, 2.75) is 58.4 Å². The van der Waals surface area contributed by atoms with E-state index in [0.29, 0.717) is 24.8 Å². The van der Waals surface area contributed by atoms with Crippen LogP contribution in [0.15, 0.2) is 12.1 Å². The third-order valence-corrected chi connectivity index (χ3v) is 4.14. The molecule has 2 rings (SSSR count). The molecule has 1 aromatic heterocycles. The molecule has 0 saturated heterocycles. The second kappa shape index (κ2) is 7.96. The highest BCUT2D eigenvalue weighted by Gasteiger charge is 2.16. The van der Waals surface area contributed by atoms with Crippen LogP contribution in [0.4, 0.5) is 5.82 Å². The van der Waals surface area contributed by atoms with Crippen LogP contribution in [0.2, 0.25) is 0 Å². The molecule has 1 heterocycles. The molecular formula is C16H26N4O. The minimum absolute atomic E-state index is 0.0477. The molecule has 1 aliphatic carbocycles. The van der Waals surface area contributed by atoms with Crippen molar-refractivity contribution in [1.29, 1.82) is 0 Å². The molecule has 1 fully saturated rings. The number of carbonyl (C=O) groups is 1. The standard InChI is InChI=1S/C16H26N4O/c1-3-20(4-2)16(21)14-11-12-15(19-18-14)17-13-9-7-5-6-8-10-13/h11-13H,3-10H2,1-2H3,(H,17,19). The number of hydrogen-bond donors (Lipinski definition) is 1. The van der Waals surface area contributed by atoms with Gasteiger partial charge in [-0.05, 0) is 38.8 Å². The Kier molecular flexibility index (Phi) is 5.96. The minimum Gasteiger partial charge on any atom is -0.366 e. The zero-order chi connectivity index (χ0) is 15.1. The molecular weight excluding hydrogens is 264 g/mol. The van der Waals surface area contributed by atoms with Gasteiger partial charge >= 0.3 is 0 Å². The van der Waals surface area contributed by atoms with Crippen molar-refractivity contribution >= 4 is 11.7 Å². The number of nitrogens with one attached hydrogen (secondary N) is 1. The first-order valence-electron chi connectivity index (χ1n) is 8.14. The summed E-state index contributed by atoms with van der Waals surface area (Å²) in [5.41, 5.74) is 0.421. The van der Waals surface area contributed by atoms with Gasteiger partial charge in [0.2, 0.25) is 0 Å². The quantitative estimate of drug-likeness (QED) is 0.847. The second-order valence-corrected chi connectivity index (χ2v) is 5.61. The first-order chi connectivity index (χ1) is 10.2. The van der Waals surface area contributed by atoms with Crippen molar-refractivity contribution in [3.8, 4) is 0 Å². The predicted octanol–water partition coefficient (Wildman–Crippen LogP) is 3.09. The summed E-state index contributed by atoms with van der Waals surface area (Å²) >= 11 is 0. The SMILES string of the molecule is CCN(CC)C(=O)c1ccc(NC2CCCCCC2)nn1. The Hall–Kier alpha value is -1.65. The molecule has 5 heteroatoms. The van der Waals surface area contributed by atoms with E-state index in [4.69, 9.17) is 0 Å². The number of aromatic nitrogens is 2. The molecule has 21 heavy (non-hydrogen) atoms. The van der Waals surface area contributed by atoms with E-state index in [0.717, 1.165) is 5.82 Å². The Morgan fingerprint density at radius 3 is 2.33 bits per heavy atom. The number of nitrogens with zero attached hydrogens (tertiary/aromatic N) is 3. The van der Waals surface area contributed by atoms with Crippen LogP contribution >= 0.6 is 0 Å². The maximum absolute atomic E-state index is 12.2. The Morgan fingerprint density at radius 2 is 1.81 bits per heavy atom. The average molecular weight is 290 g/mol. The predicted molar refractivity (Wildman–Crippen MR) is 84.4 cm³/mol. The van der Waals surface area contributed by atoms with Crippen LogP contribution in [0.5, 0.6) is 0 Å². The molecule has 0 radical (unpaired) electrons. The smallest absolute Gasteiger partial charge is 0.274 e. The summed E-state index contributed by atoms with van der Waals surface area (Å²) in [6.45, 7) is 5.33. The zero-order valence-corrected chi connectivity index (χ0v) is 13.1. The van der Waals surface area contributed by atoms with Gasteiger partial charge in [0.25, 0.3) is 5.91 Å². The molecule has 5 nitrogen and oxygen atoms in total. The summed E-state index contributed by atoms with van der Waals surface area (Å²) in [7, 11) is 0. The van der Waals surface area contributed by atoms with Crippen LogP contribution in [0.3, 0.4) is 0 Å². The van der Waals surface area contributed by atoms with E-state index in [-0.39, 0.29) is 5.91 Å². The van der Waals surface area contributed by atoms with E-state index >= 15 is 0 Å². The fourth-order valence-electron chi connectivity index (χ4n) is 2.83. The summed E-state index contributed by atoms with van der Waals surface area (Å²) < 4.78 is 0. The minimum atomic E-state index is -0.0477. The topological polar surface area (TPSA) is 58.1 Å². The summed E-state index contributed by atoms with van der Waals surface area (Å²) in [5.74, 6) is 0.728. The lowest BCUT2D eigenvalue weighted by molar-refractivity contribution is 0.0766. The van der Waals surface area contributed by atoms with Crippen LogP contribution in [-0.4, -0.2) is 40.1 Å². The maximum Gasteiger partial charge on any atom is 0.274 e. The molecule has 0 aliphatic heterocycles. The van der Waals surface area contributed by atoms with Gasteiger partial charge in [-0.15, -0.1) is 10.2 Å². The molecule has 0 bridgehead atoms. The van der Waals surface area contributed by atoms with Gasteiger partial charge in [-0.1, -0.05) is 25.7 Å². The summed E-state index contributed by atoms with van der Waals surface area (Å²) in [6.07, 6.45) is 7.62. The number of anilines is 1. The fourth-order valence-corrected chi connectivity index (χ4v) is 2.83. The molecule has 1 amide bonds. The molecule has 0 atom stereocenters. The summed E-state index contributed by atoms with van der Waals surface area (Å²) in [5, 5.41) is 11.7. The highest BCUT2D eigenvalue weighted by atomic mass is 16.2. The lowest BCUT2D eigenvalue weighted by atomic mass is 10.1. The lowest BCUT2D eigenvalue weighted by Gasteiger charge is -2.18. The second-order valence-electron chi connectivity index (χ2n) is 5.61. The van der Waals surface area contributed by atoms with Crippen molar-refractivity contribution in [2.75, 3.05) is 18.4 Å². The van der Waals surface area contributed by atoms with Gasteiger partial charge in [0.1, 0.15) is 5.82 Å². The molecule has 0 aromatic carbocycles.